The van der Waals surface area contributed by atoms with E-state index in [1.165, 1.54) is 0 Å². The Labute approximate surface area is 164 Å². The molecule has 4 rings (SSSR count). The van der Waals surface area contributed by atoms with E-state index < -0.39 is 0 Å². The van der Waals surface area contributed by atoms with Gasteiger partial charge in [0.05, 0.1) is 25.2 Å². The van der Waals surface area contributed by atoms with Crippen LogP contribution in [0.3, 0.4) is 0 Å². The minimum Gasteiger partial charge on any atom is -0.382 e. The van der Waals surface area contributed by atoms with Gasteiger partial charge in [0.25, 0.3) is 0 Å². The van der Waals surface area contributed by atoms with E-state index in [1.54, 1.807) is 0 Å². The quantitative estimate of drug-likeness (QED) is 0.401. The van der Waals surface area contributed by atoms with Gasteiger partial charge >= 0.3 is 0 Å². The molecule has 0 unspecified atom stereocenters. The number of nitrogens with two attached hydrogens (primary N) is 1. The van der Waals surface area contributed by atoms with Gasteiger partial charge in [0.2, 0.25) is 0 Å². The summed E-state index contributed by atoms with van der Waals surface area (Å²) >= 11 is 0. The van der Waals surface area contributed by atoms with Crippen molar-refractivity contribution in [2.75, 3.05) is 36.6 Å². The van der Waals surface area contributed by atoms with E-state index in [2.05, 4.69) is 27.3 Å². The van der Waals surface area contributed by atoms with Crippen LogP contribution in [0.15, 0.2) is 41.8 Å². The molecule has 0 radical (unpaired) electrons. The number of fused-ring (bicyclic) bond motifs is 1. The molecule has 1 aliphatic heterocycles. The fourth-order valence-electron chi connectivity index (χ4n) is 3.34. The zero-order chi connectivity index (χ0) is 19.5. The van der Waals surface area contributed by atoms with Gasteiger partial charge in [-0.1, -0.05) is 23.8 Å². The molecule has 1 fully saturated rings. The highest BCUT2D eigenvalue weighted by molar-refractivity contribution is 5.98. The van der Waals surface area contributed by atoms with Crippen molar-refractivity contribution in [3.8, 4) is 0 Å². The standard InChI is InChI=1S/C20H25N7O/c1-3-26-13-22-18-16(27-7-9-28-10-8-27)12-17(23-20(18)26)24-25-19(21)15-6-4-5-14(2)11-15/h4-6,11-13H,3,7-10H2,1-2H3,(H2,21,25)(H,23,24). The number of nitrogens with zero attached hydrogens (tertiary/aromatic N) is 5. The summed E-state index contributed by atoms with van der Waals surface area (Å²) in [7, 11) is 0. The lowest BCUT2D eigenvalue weighted by molar-refractivity contribution is 0.123. The Morgan fingerprint density at radius 1 is 1.29 bits per heavy atom. The number of nitrogens with one attached hydrogen (secondary N) is 1. The van der Waals surface area contributed by atoms with Crippen LogP contribution >= 0.6 is 0 Å². The predicted molar refractivity (Wildman–Crippen MR) is 112 cm³/mol. The molecular weight excluding hydrogens is 354 g/mol. The van der Waals surface area contributed by atoms with Gasteiger partial charge in [0.15, 0.2) is 17.3 Å². The number of hydrogen-bond donors (Lipinski definition) is 2. The normalized spacial score (nSPS) is 15.2. The van der Waals surface area contributed by atoms with Gasteiger partial charge in [-0.05, 0) is 19.9 Å². The Balaban J connectivity index is 1.69. The smallest absolute Gasteiger partial charge is 0.164 e. The SMILES string of the molecule is CCn1cnc2c(N3CCOCC3)cc(N/N=C(\N)c3cccc(C)c3)nc21. The average Bonchev–Trinajstić information content (AvgIpc) is 3.15. The first-order chi connectivity index (χ1) is 13.7. The summed E-state index contributed by atoms with van der Waals surface area (Å²) < 4.78 is 7.52. The van der Waals surface area contributed by atoms with Crippen LogP contribution in [0.4, 0.5) is 11.5 Å². The van der Waals surface area contributed by atoms with Crippen molar-refractivity contribution in [3.05, 3.63) is 47.8 Å². The molecule has 3 N–H and O–H groups in total. The Morgan fingerprint density at radius 2 is 2.11 bits per heavy atom. The summed E-state index contributed by atoms with van der Waals surface area (Å²) in [6, 6.07) is 9.92. The highest BCUT2D eigenvalue weighted by Gasteiger charge is 2.18. The highest BCUT2D eigenvalue weighted by Crippen LogP contribution is 2.28. The van der Waals surface area contributed by atoms with Gasteiger partial charge < -0.3 is 19.9 Å². The molecule has 0 atom stereocenters. The van der Waals surface area contributed by atoms with Gasteiger partial charge in [0, 0.05) is 31.3 Å². The van der Waals surface area contributed by atoms with E-state index in [-0.39, 0.29) is 0 Å². The molecule has 2 aromatic heterocycles. The molecule has 0 amide bonds. The van der Waals surface area contributed by atoms with Gasteiger partial charge in [-0.25, -0.2) is 9.97 Å². The molecule has 0 aliphatic carbocycles. The number of aromatic nitrogens is 3. The Morgan fingerprint density at radius 3 is 2.86 bits per heavy atom. The maximum absolute atomic E-state index is 6.16. The number of amidine groups is 1. The summed E-state index contributed by atoms with van der Waals surface area (Å²) in [6.07, 6.45) is 1.83. The molecule has 0 spiro atoms. The lowest BCUT2D eigenvalue weighted by Crippen LogP contribution is -2.36. The van der Waals surface area contributed by atoms with Crippen LogP contribution in [0.25, 0.3) is 11.2 Å². The Bertz CT molecular complexity index is 1000. The topological polar surface area (TPSA) is 93.6 Å². The molecule has 3 heterocycles. The maximum atomic E-state index is 6.16. The molecule has 3 aromatic rings. The van der Waals surface area contributed by atoms with Crippen molar-refractivity contribution in [2.24, 2.45) is 10.8 Å². The third-order valence-corrected chi connectivity index (χ3v) is 4.85. The number of imidazole rings is 1. The Kier molecular flexibility index (Phi) is 5.12. The van der Waals surface area contributed by atoms with Gasteiger partial charge in [-0.2, -0.15) is 5.10 Å². The molecule has 8 heteroatoms. The maximum Gasteiger partial charge on any atom is 0.164 e. The second-order valence-electron chi connectivity index (χ2n) is 6.81. The first-order valence-corrected chi connectivity index (χ1v) is 9.50. The summed E-state index contributed by atoms with van der Waals surface area (Å²) in [5.74, 6) is 1.06. The monoisotopic (exact) mass is 379 g/mol. The Hall–Kier alpha value is -3.13. The largest absolute Gasteiger partial charge is 0.382 e. The molecule has 1 aromatic carbocycles. The van der Waals surface area contributed by atoms with Crippen LogP contribution in [-0.4, -0.2) is 46.7 Å². The van der Waals surface area contributed by atoms with Crippen molar-refractivity contribution < 1.29 is 4.74 Å². The number of ether oxygens (including phenoxy) is 1. The highest BCUT2D eigenvalue weighted by atomic mass is 16.5. The molecule has 146 valence electrons. The van der Waals surface area contributed by atoms with Crippen molar-refractivity contribution in [1.29, 1.82) is 0 Å². The summed E-state index contributed by atoms with van der Waals surface area (Å²) in [4.78, 5) is 11.6. The molecule has 0 bridgehead atoms. The summed E-state index contributed by atoms with van der Waals surface area (Å²) in [6.45, 7) is 7.97. The predicted octanol–water partition coefficient (Wildman–Crippen LogP) is 2.33. The van der Waals surface area contributed by atoms with Gasteiger partial charge in [0.1, 0.15) is 5.52 Å². The van der Waals surface area contributed by atoms with E-state index in [0.29, 0.717) is 24.9 Å². The zero-order valence-corrected chi connectivity index (χ0v) is 16.2. The minimum absolute atomic E-state index is 0.419. The van der Waals surface area contributed by atoms with Crippen molar-refractivity contribution >= 4 is 28.5 Å². The van der Waals surface area contributed by atoms with Crippen LogP contribution in [0.5, 0.6) is 0 Å². The van der Waals surface area contributed by atoms with Crippen LogP contribution in [0.2, 0.25) is 0 Å². The number of morpholine rings is 1. The number of pyridine rings is 1. The van der Waals surface area contributed by atoms with Crippen LogP contribution in [0.1, 0.15) is 18.1 Å². The number of benzene rings is 1. The van der Waals surface area contributed by atoms with Crippen molar-refractivity contribution in [2.45, 2.75) is 20.4 Å². The van der Waals surface area contributed by atoms with Crippen LogP contribution < -0.4 is 16.1 Å². The van der Waals surface area contributed by atoms with Gasteiger partial charge in [-0.3, -0.25) is 5.43 Å². The second kappa shape index (κ2) is 7.85. The van der Waals surface area contributed by atoms with E-state index in [4.69, 9.17) is 15.5 Å². The fraction of sp³-hybridized carbons (Fsp3) is 0.350. The first-order valence-electron chi connectivity index (χ1n) is 9.50. The fourth-order valence-corrected chi connectivity index (χ4v) is 3.34. The third-order valence-electron chi connectivity index (χ3n) is 4.85. The second-order valence-corrected chi connectivity index (χ2v) is 6.81. The van der Waals surface area contributed by atoms with E-state index in [0.717, 1.165) is 47.6 Å². The summed E-state index contributed by atoms with van der Waals surface area (Å²) in [5, 5.41) is 4.35. The molecule has 8 nitrogen and oxygen atoms in total. The van der Waals surface area contributed by atoms with E-state index >= 15 is 0 Å². The molecule has 28 heavy (non-hydrogen) atoms. The van der Waals surface area contributed by atoms with Crippen molar-refractivity contribution in [3.63, 3.8) is 0 Å². The third kappa shape index (κ3) is 3.63. The molecular formula is C20H25N7O. The number of aryl methyl sites for hydroxylation is 2. The van der Waals surface area contributed by atoms with Crippen molar-refractivity contribution in [1.82, 2.24) is 14.5 Å². The number of rotatable bonds is 5. The lowest BCUT2D eigenvalue weighted by Gasteiger charge is -2.29. The van der Waals surface area contributed by atoms with E-state index in [1.807, 2.05) is 48.1 Å². The summed E-state index contributed by atoms with van der Waals surface area (Å²) in [5.41, 5.74) is 14.0. The minimum atomic E-state index is 0.419. The van der Waals surface area contributed by atoms with Crippen LogP contribution in [0, 0.1) is 6.92 Å². The van der Waals surface area contributed by atoms with Crippen LogP contribution in [-0.2, 0) is 11.3 Å². The lowest BCUT2D eigenvalue weighted by atomic mass is 10.1. The number of hydrazone groups is 1. The molecule has 1 saturated heterocycles. The average molecular weight is 379 g/mol. The molecule has 0 saturated carbocycles. The molecule has 1 aliphatic rings. The van der Waals surface area contributed by atoms with Gasteiger partial charge in [-0.15, -0.1) is 0 Å². The first kappa shape index (κ1) is 18.2. The number of hydrogen-bond acceptors (Lipinski definition) is 6. The number of anilines is 2. The zero-order valence-electron chi connectivity index (χ0n) is 16.2. The van der Waals surface area contributed by atoms with E-state index in [9.17, 15) is 0 Å².